The van der Waals surface area contributed by atoms with Crippen LogP contribution in [-0.4, -0.2) is 77.3 Å². The molecule has 2 heterocycles. The first-order valence-corrected chi connectivity index (χ1v) is 6.63. The van der Waals surface area contributed by atoms with E-state index in [4.69, 9.17) is 9.57 Å². The van der Waals surface area contributed by atoms with Gasteiger partial charge in [-0.1, -0.05) is 11.8 Å². The van der Waals surface area contributed by atoms with Crippen LogP contribution in [0, 0.1) is 0 Å². The van der Waals surface area contributed by atoms with Crippen molar-refractivity contribution in [3.05, 3.63) is 0 Å². The minimum absolute atomic E-state index is 0.500. The third-order valence-electron chi connectivity index (χ3n) is 3.11. The van der Waals surface area contributed by atoms with Crippen LogP contribution in [0.1, 0.15) is 0 Å². The van der Waals surface area contributed by atoms with Crippen LogP contribution >= 0.6 is 11.8 Å². The molecule has 3 N–H and O–H groups in total. The fourth-order valence-corrected chi connectivity index (χ4v) is 3.01. The van der Waals surface area contributed by atoms with Gasteiger partial charge in [0.05, 0.1) is 7.11 Å². The number of aliphatic hydroxyl groups excluding tert-OH is 2. The van der Waals surface area contributed by atoms with Crippen LogP contribution in [0.5, 0.6) is 0 Å². The Morgan fingerprint density at radius 1 is 1.53 bits per heavy atom. The number of aliphatic imine (C=N–C) groups is 1. The number of aliphatic hydroxyl groups is 2. The second-order valence-corrected chi connectivity index (χ2v) is 5.30. The van der Waals surface area contributed by atoms with Crippen molar-refractivity contribution in [3.8, 4) is 0 Å². The van der Waals surface area contributed by atoms with E-state index < -0.39 is 35.7 Å². The van der Waals surface area contributed by atoms with Gasteiger partial charge in [0.15, 0.2) is 11.3 Å². The van der Waals surface area contributed by atoms with Gasteiger partial charge in [-0.05, 0) is 0 Å². The van der Waals surface area contributed by atoms with Gasteiger partial charge in [0, 0.05) is 14.1 Å². The number of ether oxygens (including phenoxy) is 1. The van der Waals surface area contributed by atoms with Gasteiger partial charge in [0.2, 0.25) is 0 Å². The lowest BCUT2D eigenvalue weighted by atomic mass is 9.98. The van der Waals surface area contributed by atoms with Crippen molar-refractivity contribution < 1.29 is 24.6 Å². The third-order valence-corrected chi connectivity index (χ3v) is 4.26. The van der Waals surface area contributed by atoms with Crippen molar-refractivity contribution in [2.24, 2.45) is 4.99 Å². The Morgan fingerprint density at radius 2 is 2.21 bits per heavy atom. The van der Waals surface area contributed by atoms with E-state index in [0.717, 1.165) is 5.06 Å². The zero-order chi connectivity index (χ0) is 14.2. The van der Waals surface area contributed by atoms with Gasteiger partial charge in [-0.2, -0.15) is 0 Å². The average Bonchev–Trinajstić information content (AvgIpc) is 2.84. The molecule has 1 fully saturated rings. The molecule has 108 valence electrons. The molecule has 2 aliphatic rings. The Bertz CT molecular complexity index is 393. The van der Waals surface area contributed by atoms with Crippen LogP contribution in [0.15, 0.2) is 4.99 Å². The molecule has 9 heteroatoms. The second kappa shape index (κ2) is 5.63. The molecular weight excluding hydrogens is 274 g/mol. The lowest BCUT2D eigenvalue weighted by Gasteiger charge is -2.38. The number of carbonyl (C=O) groups excluding carboxylic acids is 1. The molecule has 2 aliphatic heterocycles. The number of carbonyl (C=O) groups is 1. The molecule has 0 aromatic heterocycles. The fraction of sp³-hybridized carbons (Fsp3) is 0.800. The highest BCUT2D eigenvalue weighted by atomic mass is 32.2. The highest BCUT2D eigenvalue weighted by Gasteiger charge is 2.51. The minimum Gasteiger partial charge on any atom is -0.388 e. The van der Waals surface area contributed by atoms with Crippen molar-refractivity contribution in [2.45, 2.75) is 29.8 Å². The summed E-state index contributed by atoms with van der Waals surface area (Å²) >= 11 is 1.27. The molecule has 0 spiro atoms. The highest BCUT2D eigenvalue weighted by molar-refractivity contribution is 8.14. The Morgan fingerprint density at radius 3 is 2.79 bits per heavy atom. The van der Waals surface area contributed by atoms with E-state index >= 15 is 0 Å². The van der Waals surface area contributed by atoms with Gasteiger partial charge >= 0.3 is 0 Å². The van der Waals surface area contributed by atoms with E-state index in [1.807, 2.05) is 0 Å². The van der Waals surface area contributed by atoms with Gasteiger partial charge in [-0.15, -0.1) is 0 Å². The molecule has 0 aromatic rings. The number of hydroxylamine groups is 2. The molecule has 1 saturated heterocycles. The van der Waals surface area contributed by atoms with Crippen molar-refractivity contribution in [2.75, 3.05) is 21.2 Å². The van der Waals surface area contributed by atoms with Gasteiger partial charge in [-0.3, -0.25) is 14.6 Å². The smallest absolute Gasteiger partial charge is 0.277 e. The number of fused-ring (bicyclic) bond motifs is 1. The van der Waals surface area contributed by atoms with Gasteiger partial charge in [0.1, 0.15) is 23.7 Å². The quantitative estimate of drug-likeness (QED) is 0.513. The summed E-state index contributed by atoms with van der Waals surface area (Å²) in [6.07, 6.45) is -3.66. The number of nitrogens with one attached hydrogen (secondary N) is 1. The van der Waals surface area contributed by atoms with E-state index in [0.29, 0.717) is 5.17 Å². The molecule has 0 bridgehead atoms. The zero-order valence-corrected chi connectivity index (χ0v) is 11.6. The second-order valence-electron chi connectivity index (χ2n) is 4.22. The largest absolute Gasteiger partial charge is 0.388 e. The molecule has 0 aromatic carbocycles. The highest BCUT2D eigenvalue weighted by Crippen LogP contribution is 2.36. The lowest BCUT2D eigenvalue weighted by molar-refractivity contribution is -0.205. The van der Waals surface area contributed by atoms with E-state index in [-0.39, 0.29) is 0 Å². The summed E-state index contributed by atoms with van der Waals surface area (Å²) in [7, 11) is 4.44. The normalized spacial score (nSPS) is 37.5. The molecule has 1 amide bonds. The summed E-state index contributed by atoms with van der Waals surface area (Å²) in [6.45, 7) is 0. The average molecular weight is 291 g/mol. The molecule has 5 atom stereocenters. The molecular formula is C10H17N3O5S. The van der Waals surface area contributed by atoms with E-state index in [9.17, 15) is 15.0 Å². The van der Waals surface area contributed by atoms with Crippen LogP contribution in [-0.2, 0) is 14.4 Å². The summed E-state index contributed by atoms with van der Waals surface area (Å²) < 4.78 is 5.54. The van der Waals surface area contributed by atoms with Crippen molar-refractivity contribution >= 4 is 22.8 Å². The topological polar surface area (TPSA) is 104 Å². The summed E-state index contributed by atoms with van der Waals surface area (Å²) in [5, 5.41) is 24.4. The van der Waals surface area contributed by atoms with E-state index in [1.54, 1.807) is 7.05 Å². The monoisotopic (exact) mass is 291 g/mol. The maximum atomic E-state index is 12.0. The Balaban J connectivity index is 2.13. The first-order chi connectivity index (χ1) is 8.99. The fourth-order valence-electron chi connectivity index (χ4n) is 1.96. The van der Waals surface area contributed by atoms with Crippen LogP contribution in [0.4, 0.5) is 0 Å². The number of amides is 1. The molecule has 8 nitrogen and oxygen atoms in total. The Hall–Kier alpha value is -0.870. The first kappa shape index (κ1) is 14.5. The molecule has 0 saturated carbocycles. The van der Waals surface area contributed by atoms with E-state index in [2.05, 4.69) is 10.3 Å². The third kappa shape index (κ3) is 2.56. The summed E-state index contributed by atoms with van der Waals surface area (Å²) in [4.78, 5) is 20.9. The molecule has 19 heavy (non-hydrogen) atoms. The zero-order valence-electron chi connectivity index (χ0n) is 10.8. The number of nitrogens with zero attached hydrogens (tertiary/aromatic N) is 2. The molecule has 0 aliphatic carbocycles. The molecule has 0 unspecified atom stereocenters. The first-order valence-electron chi connectivity index (χ1n) is 5.75. The van der Waals surface area contributed by atoms with Crippen molar-refractivity contribution in [1.82, 2.24) is 10.4 Å². The van der Waals surface area contributed by atoms with Crippen LogP contribution in [0.25, 0.3) is 0 Å². The van der Waals surface area contributed by atoms with E-state index in [1.165, 1.54) is 25.9 Å². The summed E-state index contributed by atoms with van der Waals surface area (Å²) in [5.41, 5.74) is -0.500. The number of hydrogen-bond donors (Lipinski definition) is 3. The standard InChI is InChI=1S/C10H17N3O5S/c1-11-10-12-4-5(14)6(15)7(18-9(4)19-10)8(16)13(2)17-3/h4-7,9,14-15H,1-3H3,(H,11,12)/t4-,5-,6+,7+,9-/m1/s1. The molecule has 2 rings (SSSR count). The lowest BCUT2D eigenvalue weighted by Crippen LogP contribution is -2.59. The predicted octanol–water partition coefficient (Wildman–Crippen LogP) is -1.86. The van der Waals surface area contributed by atoms with Crippen LogP contribution < -0.4 is 5.32 Å². The van der Waals surface area contributed by atoms with Gasteiger partial charge < -0.3 is 20.3 Å². The summed E-state index contributed by atoms with van der Waals surface area (Å²) in [5.74, 6) is -0.550. The number of amidine groups is 1. The number of likely N-dealkylation sites (N-methyl/N-ethyl adjacent to an activating group) is 1. The number of rotatable bonds is 2. The van der Waals surface area contributed by atoms with Crippen LogP contribution in [0.2, 0.25) is 0 Å². The minimum atomic E-state index is -1.34. The summed E-state index contributed by atoms with van der Waals surface area (Å²) in [6, 6.07) is -0.584. The Labute approximate surface area is 114 Å². The SMILES string of the molecule is CNC1=N[C@@H]2[C@@H](O)[C@H](O)[C@@H](C(=O)N(C)OC)O[C@@H]2S1. The predicted molar refractivity (Wildman–Crippen MR) is 68.3 cm³/mol. The maximum absolute atomic E-state index is 12.0. The van der Waals surface area contributed by atoms with Gasteiger partial charge in [-0.25, -0.2) is 5.06 Å². The number of hydrogen-bond acceptors (Lipinski definition) is 8. The van der Waals surface area contributed by atoms with Gasteiger partial charge in [0.25, 0.3) is 5.91 Å². The van der Waals surface area contributed by atoms with Crippen molar-refractivity contribution in [1.29, 1.82) is 0 Å². The van der Waals surface area contributed by atoms with Crippen molar-refractivity contribution in [3.63, 3.8) is 0 Å². The number of thioether (sulfide) groups is 1. The van der Waals surface area contributed by atoms with Crippen LogP contribution in [0.3, 0.4) is 0 Å². The maximum Gasteiger partial charge on any atom is 0.277 e. The molecule has 0 radical (unpaired) electrons. The Kier molecular flexibility index (Phi) is 4.31.